The first-order valence-electron chi connectivity index (χ1n) is 9.26. The minimum atomic E-state index is -0.523. The molecule has 0 bridgehead atoms. The van der Waals surface area contributed by atoms with Crippen LogP contribution in [0.2, 0.25) is 0 Å². The van der Waals surface area contributed by atoms with Crippen molar-refractivity contribution in [1.82, 2.24) is 4.98 Å². The summed E-state index contributed by atoms with van der Waals surface area (Å²) in [4.78, 5) is 18.9. The molecule has 1 amide bonds. The number of carbonyl (C=O) groups excluding carboxylic acids is 1. The van der Waals surface area contributed by atoms with Crippen molar-refractivity contribution in [3.63, 3.8) is 0 Å². The molecule has 26 heavy (non-hydrogen) atoms. The van der Waals surface area contributed by atoms with Crippen LogP contribution in [0.3, 0.4) is 0 Å². The van der Waals surface area contributed by atoms with E-state index in [9.17, 15) is 4.79 Å². The number of pyridine rings is 1. The summed E-state index contributed by atoms with van der Waals surface area (Å²) in [6.07, 6.45) is 1.34. The Balaban J connectivity index is 1.84. The first-order chi connectivity index (χ1) is 11.9. The highest BCUT2D eigenvalue weighted by atomic mass is 16.7. The molecule has 0 unspecified atom stereocenters. The summed E-state index contributed by atoms with van der Waals surface area (Å²) in [5.74, 6) is 0. The van der Waals surface area contributed by atoms with E-state index in [2.05, 4.69) is 0 Å². The van der Waals surface area contributed by atoms with Crippen molar-refractivity contribution in [3.05, 3.63) is 17.8 Å². The van der Waals surface area contributed by atoms with Crippen LogP contribution >= 0.6 is 0 Å². The molecule has 0 atom stereocenters. The fourth-order valence-corrected chi connectivity index (χ4v) is 3.07. The lowest BCUT2D eigenvalue weighted by molar-refractivity contribution is 0.00578. The summed E-state index contributed by atoms with van der Waals surface area (Å²) < 4.78 is 17.7. The largest absolute Gasteiger partial charge is 0.514 e. The SMILES string of the molecule is CC(C)(C)OC(=O)N1CCCc2nc(B3OC(C)(C)C(C)(C)O3)ccc21. The highest BCUT2D eigenvalue weighted by molar-refractivity contribution is 6.61. The molecule has 2 aliphatic heterocycles. The van der Waals surface area contributed by atoms with Crippen molar-refractivity contribution in [3.8, 4) is 0 Å². The quantitative estimate of drug-likeness (QED) is 0.721. The molecule has 0 radical (unpaired) electrons. The molecule has 142 valence electrons. The Morgan fingerprint density at radius 2 is 1.81 bits per heavy atom. The van der Waals surface area contributed by atoms with Crippen LogP contribution in [-0.2, 0) is 20.5 Å². The normalized spacial score (nSPS) is 21.5. The van der Waals surface area contributed by atoms with E-state index in [1.807, 2.05) is 60.6 Å². The first-order valence-corrected chi connectivity index (χ1v) is 9.26. The second-order valence-electron chi connectivity index (χ2n) is 9.03. The highest BCUT2D eigenvalue weighted by Gasteiger charge is 2.52. The predicted molar refractivity (Wildman–Crippen MR) is 102 cm³/mol. The van der Waals surface area contributed by atoms with Gasteiger partial charge in [0, 0.05) is 6.54 Å². The van der Waals surface area contributed by atoms with Crippen LogP contribution in [0.1, 0.15) is 60.6 Å². The maximum atomic E-state index is 12.5. The average molecular weight is 360 g/mol. The third kappa shape index (κ3) is 3.60. The van der Waals surface area contributed by atoms with E-state index in [0.717, 1.165) is 29.8 Å². The topological polar surface area (TPSA) is 60.9 Å². The second kappa shape index (κ2) is 6.24. The maximum absolute atomic E-state index is 12.5. The summed E-state index contributed by atoms with van der Waals surface area (Å²) in [5, 5.41) is 0. The Morgan fingerprint density at radius 1 is 1.19 bits per heavy atom. The van der Waals surface area contributed by atoms with Gasteiger partial charge in [-0.3, -0.25) is 9.88 Å². The number of anilines is 1. The second-order valence-corrected chi connectivity index (χ2v) is 9.03. The van der Waals surface area contributed by atoms with Gasteiger partial charge in [0.1, 0.15) is 5.60 Å². The molecule has 0 aromatic carbocycles. The van der Waals surface area contributed by atoms with Crippen LogP contribution in [-0.4, -0.2) is 41.5 Å². The van der Waals surface area contributed by atoms with Gasteiger partial charge >= 0.3 is 13.2 Å². The van der Waals surface area contributed by atoms with Gasteiger partial charge in [-0.25, -0.2) is 4.79 Å². The molecule has 0 N–H and O–H groups in total. The van der Waals surface area contributed by atoms with Crippen LogP contribution in [0.15, 0.2) is 12.1 Å². The van der Waals surface area contributed by atoms with Crippen molar-refractivity contribution >= 4 is 24.5 Å². The lowest BCUT2D eigenvalue weighted by atomic mass is 9.83. The number of aromatic nitrogens is 1. The summed E-state index contributed by atoms with van der Waals surface area (Å²) in [7, 11) is -0.498. The number of hydrogen-bond acceptors (Lipinski definition) is 5. The van der Waals surface area contributed by atoms with Crippen LogP contribution < -0.4 is 10.5 Å². The van der Waals surface area contributed by atoms with Gasteiger partial charge < -0.3 is 14.0 Å². The fraction of sp³-hybridized carbons (Fsp3) is 0.684. The van der Waals surface area contributed by atoms with E-state index in [0.29, 0.717) is 6.54 Å². The molecule has 3 rings (SSSR count). The van der Waals surface area contributed by atoms with Crippen molar-refractivity contribution in [2.24, 2.45) is 0 Å². The standard InChI is InChI=1S/C19H29BN2O4/c1-17(2,3)24-16(23)22-12-8-9-13-14(22)10-11-15(21-13)20-25-18(4,5)19(6,7)26-20/h10-11H,8-9,12H2,1-7H3. The highest BCUT2D eigenvalue weighted by Crippen LogP contribution is 2.36. The smallest absolute Gasteiger partial charge is 0.443 e. The van der Waals surface area contributed by atoms with E-state index >= 15 is 0 Å². The summed E-state index contributed by atoms with van der Waals surface area (Å²) >= 11 is 0. The number of nitrogens with zero attached hydrogens (tertiary/aromatic N) is 2. The molecule has 1 aromatic rings. The molecule has 1 aromatic heterocycles. The van der Waals surface area contributed by atoms with E-state index in [1.165, 1.54) is 0 Å². The minimum absolute atomic E-state index is 0.330. The predicted octanol–water partition coefficient (Wildman–Crippen LogP) is 3.07. The van der Waals surface area contributed by atoms with Gasteiger partial charge in [-0.15, -0.1) is 0 Å². The van der Waals surface area contributed by atoms with Crippen LogP contribution in [0.4, 0.5) is 10.5 Å². The zero-order valence-corrected chi connectivity index (χ0v) is 16.9. The lowest BCUT2D eigenvalue weighted by Crippen LogP contribution is -2.42. The molecule has 0 saturated carbocycles. The molecule has 6 nitrogen and oxygen atoms in total. The van der Waals surface area contributed by atoms with Gasteiger partial charge in [-0.2, -0.15) is 0 Å². The van der Waals surface area contributed by atoms with Gasteiger partial charge in [-0.1, -0.05) is 0 Å². The number of hydrogen-bond donors (Lipinski definition) is 0. The van der Waals surface area contributed by atoms with E-state index in [1.54, 1.807) is 4.90 Å². The van der Waals surface area contributed by atoms with E-state index in [4.69, 9.17) is 19.0 Å². The van der Waals surface area contributed by atoms with Crippen LogP contribution in [0.25, 0.3) is 0 Å². The number of rotatable bonds is 1. The zero-order valence-electron chi connectivity index (χ0n) is 16.9. The Kier molecular flexibility index (Phi) is 4.60. The number of fused-ring (bicyclic) bond motifs is 1. The molecule has 1 saturated heterocycles. The van der Waals surface area contributed by atoms with Crippen molar-refractivity contribution < 1.29 is 18.8 Å². The zero-order chi connectivity index (χ0) is 19.3. The van der Waals surface area contributed by atoms with Crippen molar-refractivity contribution in [1.29, 1.82) is 0 Å². The Labute approximate surface area is 156 Å². The summed E-state index contributed by atoms with van der Waals surface area (Å²) in [5.41, 5.74) is 1.11. The molecule has 2 aliphatic rings. The Hall–Kier alpha value is -1.60. The van der Waals surface area contributed by atoms with Crippen molar-refractivity contribution in [2.45, 2.75) is 78.1 Å². The van der Waals surface area contributed by atoms with E-state index < -0.39 is 23.9 Å². The molecular weight excluding hydrogens is 331 g/mol. The number of aryl methyl sites for hydroxylation is 1. The Morgan fingerprint density at radius 3 is 2.38 bits per heavy atom. The number of ether oxygens (including phenoxy) is 1. The molecule has 1 fully saturated rings. The maximum Gasteiger partial charge on any atom is 0.514 e. The van der Waals surface area contributed by atoms with Gasteiger partial charge in [0.2, 0.25) is 0 Å². The third-order valence-electron chi connectivity index (χ3n) is 5.17. The fourth-order valence-electron chi connectivity index (χ4n) is 3.07. The van der Waals surface area contributed by atoms with Crippen molar-refractivity contribution in [2.75, 3.05) is 11.4 Å². The average Bonchev–Trinajstić information content (AvgIpc) is 2.72. The van der Waals surface area contributed by atoms with Gasteiger partial charge in [-0.05, 0) is 73.4 Å². The number of amides is 1. The summed E-state index contributed by atoms with van der Waals surface area (Å²) in [6.45, 7) is 14.3. The van der Waals surface area contributed by atoms with E-state index in [-0.39, 0.29) is 6.09 Å². The third-order valence-corrected chi connectivity index (χ3v) is 5.17. The van der Waals surface area contributed by atoms with Gasteiger partial charge in [0.05, 0.1) is 28.2 Å². The minimum Gasteiger partial charge on any atom is -0.443 e. The van der Waals surface area contributed by atoms with Crippen LogP contribution in [0, 0.1) is 0 Å². The molecule has 0 aliphatic carbocycles. The van der Waals surface area contributed by atoms with Gasteiger partial charge in [0.15, 0.2) is 0 Å². The summed E-state index contributed by atoms with van der Waals surface area (Å²) in [6, 6.07) is 3.80. The van der Waals surface area contributed by atoms with Gasteiger partial charge in [0.25, 0.3) is 0 Å². The molecule has 0 spiro atoms. The molecular formula is C19H29BN2O4. The Bertz CT molecular complexity index is 696. The molecule has 3 heterocycles. The lowest BCUT2D eigenvalue weighted by Gasteiger charge is -2.32. The number of carbonyl (C=O) groups is 1. The molecule has 7 heteroatoms. The monoisotopic (exact) mass is 360 g/mol. The van der Waals surface area contributed by atoms with Crippen LogP contribution in [0.5, 0.6) is 0 Å². The first kappa shape index (κ1) is 19.2.